The van der Waals surface area contributed by atoms with Gasteiger partial charge in [0, 0.05) is 6.61 Å². The fraction of sp³-hybridized carbons (Fsp3) is 0.462. The van der Waals surface area contributed by atoms with E-state index in [4.69, 9.17) is 33.0 Å². The van der Waals surface area contributed by atoms with Gasteiger partial charge in [0.05, 0.1) is 16.5 Å². The maximum Gasteiger partial charge on any atom is 0.306 e. The molecule has 1 aromatic carbocycles. The molecule has 1 saturated heterocycles. The lowest BCUT2D eigenvalue weighted by Gasteiger charge is -2.36. The number of hydrogen-bond acceptors (Lipinski definition) is 2. The standard InChI is InChI=1S/C13H14Cl2O3/c14-10-4-3-9(7-11(10)15)13(8-12(16)17)5-1-2-6-18-13/h3-4,7H,1-2,5-6,8H2,(H,16,17). The zero-order chi connectivity index (χ0) is 13.2. The van der Waals surface area contributed by atoms with Gasteiger partial charge in [-0.2, -0.15) is 0 Å². The van der Waals surface area contributed by atoms with Gasteiger partial charge in [0.2, 0.25) is 0 Å². The highest BCUT2D eigenvalue weighted by molar-refractivity contribution is 6.42. The van der Waals surface area contributed by atoms with Gasteiger partial charge in [0.1, 0.15) is 5.60 Å². The molecule has 1 aromatic rings. The van der Waals surface area contributed by atoms with E-state index in [-0.39, 0.29) is 6.42 Å². The van der Waals surface area contributed by atoms with Gasteiger partial charge in [-0.25, -0.2) is 0 Å². The van der Waals surface area contributed by atoms with Crippen molar-refractivity contribution in [1.82, 2.24) is 0 Å². The first-order valence-electron chi connectivity index (χ1n) is 5.85. The average molecular weight is 289 g/mol. The van der Waals surface area contributed by atoms with Crippen molar-refractivity contribution >= 4 is 29.2 Å². The number of hydrogen-bond donors (Lipinski definition) is 1. The maximum atomic E-state index is 11.1. The zero-order valence-electron chi connectivity index (χ0n) is 9.79. The van der Waals surface area contributed by atoms with Gasteiger partial charge in [-0.3, -0.25) is 4.79 Å². The van der Waals surface area contributed by atoms with E-state index >= 15 is 0 Å². The fourth-order valence-electron chi connectivity index (χ4n) is 2.35. The minimum absolute atomic E-state index is 0.0506. The molecule has 0 amide bonds. The molecule has 1 fully saturated rings. The first-order valence-corrected chi connectivity index (χ1v) is 6.60. The minimum atomic E-state index is -0.872. The number of ether oxygens (including phenoxy) is 1. The third kappa shape index (κ3) is 2.79. The Hall–Kier alpha value is -0.770. The van der Waals surface area contributed by atoms with Crippen molar-refractivity contribution in [2.24, 2.45) is 0 Å². The summed E-state index contributed by atoms with van der Waals surface area (Å²) in [5.74, 6) is -0.872. The van der Waals surface area contributed by atoms with Crippen LogP contribution in [0.2, 0.25) is 10.0 Å². The Labute approximate surface area is 116 Å². The molecule has 98 valence electrons. The van der Waals surface area contributed by atoms with E-state index in [0.29, 0.717) is 23.1 Å². The Morgan fingerprint density at radius 3 is 2.67 bits per heavy atom. The Morgan fingerprint density at radius 2 is 2.11 bits per heavy atom. The Bertz CT molecular complexity index is 454. The summed E-state index contributed by atoms with van der Waals surface area (Å²) in [5, 5.41) is 9.96. The molecule has 1 heterocycles. The summed E-state index contributed by atoms with van der Waals surface area (Å²) >= 11 is 11.9. The summed E-state index contributed by atoms with van der Waals surface area (Å²) in [6, 6.07) is 5.18. The quantitative estimate of drug-likeness (QED) is 0.919. The lowest BCUT2D eigenvalue weighted by molar-refractivity contribution is -0.151. The lowest BCUT2D eigenvalue weighted by Crippen LogP contribution is -2.36. The molecular weight excluding hydrogens is 275 g/mol. The number of carboxylic acids is 1. The van der Waals surface area contributed by atoms with Gasteiger partial charge in [0.15, 0.2) is 0 Å². The Morgan fingerprint density at radius 1 is 1.33 bits per heavy atom. The molecule has 18 heavy (non-hydrogen) atoms. The first kappa shape index (κ1) is 13.7. The van der Waals surface area contributed by atoms with Crippen molar-refractivity contribution in [3.05, 3.63) is 33.8 Å². The van der Waals surface area contributed by atoms with Crippen LogP contribution < -0.4 is 0 Å². The van der Waals surface area contributed by atoms with Crippen molar-refractivity contribution < 1.29 is 14.6 Å². The summed E-state index contributed by atoms with van der Waals surface area (Å²) in [7, 11) is 0. The highest BCUT2D eigenvalue weighted by Gasteiger charge is 2.37. The minimum Gasteiger partial charge on any atom is -0.481 e. The monoisotopic (exact) mass is 288 g/mol. The van der Waals surface area contributed by atoms with Crippen molar-refractivity contribution in [3.63, 3.8) is 0 Å². The van der Waals surface area contributed by atoms with Crippen molar-refractivity contribution in [1.29, 1.82) is 0 Å². The predicted molar refractivity (Wildman–Crippen MR) is 70.2 cm³/mol. The van der Waals surface area contributed by atoms with Gasteiger partial charge in [-0.05, 0) is 37.0 Å². The van der Waals surface area contributed by atoms with Crippen LogP contribution in [0.15, 0.2) is 18.2 Å². The van der Waals surface area contributed by atoms with Gasteiger partial charge in [-0.1, -0.05) is 29.3 Å². The summed E-state index contributed by atoms with van der Waals surface area (Å²) in [4.78, 5) is 11.1. The molecule has 2 rings (SSSR count). The number of halogens is 2. The molecule has 1 unspecified atom stereocenters. The smallest absolute Gasteiger partial charge is 0.306 e. The van der Waals surface area contributed by atoms with Gasteiger partial charge < -0.3 is 9.84 Å². The predicted octanol–water partition coefficient (Wildman–Crippen LogP) is 3.86. The summed E-state index contributed by atoms with van der Waals surface area (Å²) in [5.41, 5.74) is 0.0252. The number of carbonyl (C=O) groups is 1. The molecule has 1 aliphatic rings. The second-order valence-corrected chi connectivity index (χ2v) is 5.31. The summed E-state index contributed by atoms with van der Waals surface area (Å²) in [6.07, 6.45) is 2.55. The van der Waals surface area contributed by atoms with E-state index in [1.165, 1.54) is 0 Å². The van der Waals surface area contributed by atoms with Crippen molar-refractivity contribution in [2.75, 3.05) is 6.61 Å². The third-order valence-electron chi connectivity index (χ3n) is 3.24. The van der Waals surface area contributed by atoms with E-state index in [1.807, 2.05) is 0 Å². The molecule has 0 aliphatic carbocycles. The van der Waals surface area contributed by atoms with Crippen LogP contribution in [0.25, 0.3) is 0 Å². The van der Waals surface area contributed by atoms with E-state index < -0.39 is 11.6 Å². The second kappa shape index (κ2) is 5.47. The molecule has 0 aromatic heterocycles. The molecule has 0 saturated carbocycles. The Balaban J connectivity index is 2.38. The summed E-state index contributed by atoms with van der Waals surface area (Å²) < 4.78 is 5.77. The van der Waals surface area contributed by atoms with E-state index in [1.54, 1.807) is 18.2 Å². The van der Waals surface area contributed by atoms with Gasteiger partial charge >= 0.3 is 5.97 Å². The molecule has 3 nitrogen and oxygen atoms in total. The van der Waals surface area contributed by atoms with Crippen LogP contribution in [-0.2, 0) is 15.1 Å². The number of carboxylic acid groups (broad SMARTS) is 1. The van der Waals surface area contributed by atoms with Crippen LogP contribution in [0, 0.1) is 0 Å². The Kier molecular flexibility index (Phi) is 4.15. The zero-order valence-corrected chi connectivity index (χ0v) is 11.3. The van der Waals surface area contributed by atoms with E-state index in [2.05, 4.69) is 0 Å². The topological polar surface area (TPSA) is 46.5 Å². The fourth-order valence-corrected chi connectivity index (χ4v) is 2.64. The maximum absolute atomic E-state index is 11.1. The van der Waals surface area contributed by atoms with Crippen LogP contribution in [0.3, 0.4) is 0 Å². The van der Waals surface area contributed by atoms with Crippen LogP contribution in [-0.4, -0.2) is 17.7 Å². The molecule has 1 aliphatic heterocycles. The molecule has 1 atom stereocenters. The molecule has 0 spiro atoms. The molecule has 1 N–H and O–H groups in total. The lowest BCUT2D eigenvalue weighted by atomic mass is 9.83. The van der Waals surface area contributed by atoms with Gasteiger partial charge in [-0.15, -0.1) is 0 Å². The van der Waals surface area contributed by atoms with Crippen molar-refractivity contribution in [2.45, 2.75) is 31.3 Å². The average Bonchev–Trinajstić information content (AvgIpc) is 2.33. The highest BCUT2D eigenvalue weighted by Crippen LogP contribution is 2.40. The first-order chi connectivity index (χ1) is 8.53. The normalized spacial score (nSPS) is 23.9. The number of rotatable bonds is 3. The molecular formula is C13H14Cl2O3. The molecule has 0 radical (unpaired) electrons. The SMILES string of the molecule is O=C(O)CC1(c2ccc(Cl)c(Cl)c2)CCCCO1. The van der Waals surface area contributed by atoms with Gasteiger partial charge in [0.25, 0.3) is 0 Å². The van der Waals surface area contributed by atoms with Crippen LogP contribution in [0.4, 0.5) is 0 Å². The van der Waals surface area contributed by atoms with E-state index in [9.17, 15) is 4.79 Å². The van der Waals surface area contributed by atoms with E-state index in [0.717, 1.165) is 18.4 Å². The molecule has 5 heteroatoms. The van der Waals surface area contributed by atoms with Crippen LogP contribution >= 0.6 is 23.2 Å². The summed E-state index contributed by atoms with van der Waals surface area (Å²) in [6.45, 7) is 0.577. The van der Waals surface area contributed by atoms with Crippen molar-refractivity contribution in [3.8, 4) is 0 Å². The number of benzene rings is 1. The third-order valence-corrected chi connectivity index (χ3v) is 3.97. The largest absolute Gasteiger partial charge is 0.481 e. The van der Waals surface area contributed by atoms with Crippen LogP contribution in [0.1, 0.15) is 31.2 Å². The van der Waals surface area contributed by atoms with Crippen LogP contribution in [0.5, 0.6) is 0 Å². The molecule has 0 bridgehead atoms. The second-order valence-electron chi connectivity index (χ2n) is 4.50. The highest BCUT2D eigenvalue weighted by atomic mass is 35.5. The number of aliphatic carboxylic acids is 1.